The minimum atomic E-state index is -0.261. The van der Waals surface area contributed by atoms with E-state index in [4.69, 9.17) is 0 Å². The number of carbonyl (C=O) groups excluding carboxylic acids is 2. The molecule has 2 fully saturated rings. The molecular formula is C19H30N4O2. The fourth-order valence-corrected chi connectivity index (χ4v) is 4.15. The summed E-state index contributed by atoms with van der Waals surface area (Å²) in [5.74, 6) is 0.423. The summed E-state index contributed by atoms with van der Waals surface area (Å²) in [6.45, 7) is 10.5. The van der Waals surface area contributed by atoms with Crippen LogP contribution in [0.25, 0.3) is 0 Å². The maximum Gasteiger partial charge on any atom is 0.247 e. The third kappa shape index (κ3) is 3.58. The zero-order valence-corrected chi connectivity index (χ0v) is 15.9. The molecule has 3 heterocycles. The molecule has 2 amide bonds. The molecule has 0 bridgehead atoms. The molecule has 0 aromatic carbocycles. The van der Waals surface area contributed by atoms with E-state index >= 15 is 0 Å². The van der Waals surface area contributed by atoms with E-state index in [0.29, 0.717) is 6.42 Å². The van der Waals surface area contributed by atoms with Crippen molar-refractivity contribution in [2.24, 2.45) is 5.41 Å². The summed E-state index contributed by atoms with van der Waals surface area (Å²) in [7, 11) is 0. The van der Waals surface area contributed by atoms with Crippen LogP contribution < -0.4 is 0 Å². The number of hydrogen-bond acceptors (Lipinski definition) is 3. The molecule has 138 valence electrons. The first kappa shape index (κ1) is 18.0. The van der Waals surface area contributed by atoms with Gasteiger partial charge in [0.25, 0.3) is 0 Å². The molecule has 1 spiro atoms. The normalized spacial score (nSPS) is 21.9. The van der Waals surface area contributed by atoms with Gasteiger partial charge in [0.1, 0.15) is 6.04 Å². The molecule has 1 unspecified atom stereocenters. The predicted molar refractivity (Wildman–Crippen MR) is 96.0 cm³/mol. The Balaban J connectivity index is 1.61. The number of amides is 2. The molecule has 6 heteroatoms. The van der Waals surface area contributed by atoms with Gasteiger partial charge in [-0.3, -0.25) is 14.3 Å². The highest BCUT2D eigenvalue weighted by Crippen LogP contribution is 2.41. The molecule has 0 radical (unpaired) electrons. The Kier molecular flexibility index (Phi) is 4.89. The molecule has 0 aliphatic carbocycles. The Morgan fingerprint density at radius 1 is 1.20 bits per heavy atom. The van der Waals surface area contributed by atoms with Crippen LogP contribution in [0.15, 0.2) is 12.4 Å². The summed E-state index contributed by atoms with van der Waals surface area (Å²) >= 11 is 0. The number of hydrogen-bond donors (Lipinski definition) is 0. The van der Waals surface area contributed by atoms with E-state index in [1.165, 1.54) is 0 Å². The second-order valence-corrected chi connectivity index (χ2v) is 8.11. The van der Waals surface area contributed by atoms with E-state index in [0.717, 1.165) is 44.5 Å². The van der Waals surface area contributed by atoms with Gasteiger partial charge < -0.3 is 9.80 Å². The van der Waals surface area contributed by atoms with Crippen molar-refractivity contribution in [3.63, 3.8) is 0 Å². The monoisotopic (exact) mass is 346 g/mol. The number of likely N-dealkylation sites (tertiary alicyclic amines) is 2. The largest absolute Gasteiger partial charge is 0.341 e. The Labute approximate surface area is 150 Å². The number of nitrogens with zero attached hydrogens (tertiary/aromatic N) is 4. The van der Waals surface area contributed by atoms with Crippen LogP contribution in [-0.2, 0) is 9.59 Å². The third-order valence-corrected chi connectivity index (χ3v) is 5.94. The van der Waals surface area contributed by atoms with Crippen LogP contribution in [0.4, 0.5) is 0 Å². The number of piperidine rings is 2. The first-order valence-corrected chi connectivity index (χ1v) is 9.40. The van der Waals surface area contributed by atoms with E-state index in [2.05, 4.69) is 18.9 Å². The predicted octanol–water partition coefficient (Wildman–Crippen LogP) is 2.39. The standard InChI is InChI=1S/C19H30N4O2/c1-14(2)22-13-19(6-5-17(22)24)7-9-21(10-8-19)18(25)16(4)23-12-15(3)11-20-23/h11-12,14,16H,5-10,13H2,1-4H3. The fraction of sp³-hybridized carbons (Fsp3) is 0.737. The van der Waals surface area contributed by atoms with Gasteiger partial charge in [0, 0.05) is 38.3 Å². The number of aromatic nitrogens is 2. The van der Waals surface area contributed by atoms with Crippen molar-refractivity contribution in [3.8, 4) is 0 Å². The lowest BCUT2D eigenvalue weighted by atomic mass is 9.72. The lowest BCUT2D eigenvalue weighted by Crippen LogP contribution is -2.54. The van der Waals surface area contributed by atoms with Crippen molar-refractivity contribution in [2.75, 3.05) is 19.6 Å². The Morgan fingerprint density at radius 3 is 2.44 bits per heavy atom. The summed E-state index contributed by atoms with van der Waals surface area (Å²) in [6.07, 6.45) is 7.29. The number of carbonyl (C=O) groups is 2. The highest BCUT2D eigenvalue weighted by atomic mass is 16.2. The van der Waals surface area contributed by atoms with Crippen LogP contribution in [0.2, 0.25) is 0 Å². The molecule has 2 saturated heterocycles. The average Bonchev–Trinajstić information content (AvgIpc) is 3.03. The van der Waals surface area contributed by atoms with Gasteiger partial charge in [-0.15, -0.1) is 0 Å². The van der Waals surface area contributed by atoms with Crippen molar-refractivity contribution < 1.29 is 9.59 Å². The lowest BCUT2D eigenvalue weighted by molar-refractivity contribution is -0.145. The summed E-state index contributed by atoms with van der Waals surface area (Å²) in [6, 6.07) is -0.00439. The number of rotatable bonds is 3. The van der Waals surface area contributed by atoms with Crippen LogP contribution in [0.1, 0.15) is 58.1 Å². The highest BCUT2D eigenvalue weighted by Gasteiger charge is 2.42. The van der Waals surface area contributed by atoms with E-state index in [-0.39, 0.29) is 29.3 Å². The van der Waals surface area contributed by atoms with Crippen molar-refractivity contribution in [3.05, 3.63) is 18.0 Å². The first-order chi connectivity index (χ1) is 11.8. The lowest BCUT2D eigenvalue weighted by Gasteiger charge is -2.48. The fourth-order valence-electron chi connectivity index (χ4n) is 4.15. The van der Waals surface area contributed by atoms with E-state index in [1.54, 1.807) is 10.9 Å². The molecule has 3 rings (SSSR count). The second-order valence-electron chi connectivity index (χ2n) is 8.11. The Bertz CT molecular complexity index is 644. The summed E-state index contributed by atoms with van der Waals surface area (Å²) in [4.78, 5) is 28.9. The van der Waals surface area contributed by atoms with Crippen molar-refractivity contribution in [1.82, 2.24) is 19.6 Å². The topological polar surface area (TPSA) is 58.4 Å². The second kappa shape index (κ2) is 6.81. The van der Waals surface area contributed by atoms with E-state index < -0.39 is 0 Å². The highest BCUT2D eigenvalue weighted by molar-refractivity contribution is 5.80. The van der Waals surface area contributed by atoms with Crippen molar-refractivity contribution in [2.45, 2.75) is 65.5 Å². The summed E-state index contributed by atoms with van der Waals surface area (Å²) in [5, 5.41) is 4.28. The van der Waals surface area contributed by atoms with Gasteiger partial charge in [-0.2, -0.15) is 5.10 Å². The molecule has 0 saturated carbocycles. The van der Waals surface area contributed by atoms with Crippen LogP contribution in [-0.4, -0.2) is 57.1 Å². The average molecular weight is 346 g/mol. The summed E-state index contributed by atoms with van der Waals surface area (Å²) < 4.78 is 1.75. The number of aryl methyl sites for hydroxylation is 1. The quantitative estimate of drug-likeness (QED) is 0.844. The van der Waals surface area contributed by atoms with Gasteiger partial charge in [0.2, 0.25) is 11.8 Å². The van der Waals surface area contributed by atoms with Gasteiger partial charge in [0.05, 0.1) is 6.20 Å². The van der Waals surface area contributed by atoms with Crippen LogP contribution in [0, 0.1) is 12.3 Å². The van der Waals surface area contributed by atoms with Crippen LogP contribution in [0.5, 0.6) is 0 Å². The zero-order valence-electron chi connectivity index (χ0n) is 15.9. The molecule has 0 N–H and O–H groups in total. The Hall–Kier alpha value is -1.85. The van der Waals surface area contributed by atoms with Gasteiger partial charge in [-0.25, -0.2) is 0 Å². The van der Waals surface area contributed by atoms with Gasteiger partial charge in [-0.1, -0.05) is 0 Å². The summed E-state index contributed by atoms with van der Waals surface area (Å²) in [5.41, 5.74) is 1.26. The molecule has 1 aromatic rings. The third-order valence-electron chi connectivity index (χ3n) is 5.94. The minimum absolute atomic E-state index is 0.144. The molecule has 1 aromatic heterocycles. The molecule has 1 atom stereocenters. The van der Waals surface area contributed by atoms with Gasteiger partial charge in [0.15, 0.2) is 0 Å². The van der Waals surface area contributed by atoms with Gasteiger partial charge >= 0.3 is 0 Å². The van der Waals surface area contributed by atoms with E-state index in [1.807, 2.05) is 29.8 Å². The zero-order chi connectivity index (χ0) is 18.2. The van der Waals surface area contributed by atoms with E-state index in [9.17, 15) is 9.59 Å². The van der Waals surface area contributed by atoms with Crippen LogP contribution in [0.3, 0.4) is 0 Å². The molecule has 2 aliphatic rings. The van der Waals surface area contributed by atoms with Crippen LogP contribution >= 0.6 is 0 Å². The molecule has 2 aliphatic heterocycles. The first-order valence-electron chi connectivity index (χ1n) is 9.40. The Morgan fingerprint density at radius 2 is 1.88 bits per heavy atom. The maximum atomic E-state index is 12.8. The molecule has 6 nitrogen and oxygen atoms in total. The SMILES string of the molecule is Cc1cnn(C(C)C(=O)N2CCC3(CCC(=O)N(C(C)C)C3)CC2)c1. The maximum absolute atomic E-state index is 12.8. The van der Waals surface area contributed by atoms with Gasteiger partial charge in [-0.05, 0) is 57.9 Å². The molecule has 25 heavy (non-hydrogen) atoms. The minimum Gasteiger partial charge on any atom is -0.341 e. The van der Waals surface area contributed by atoms with Crippen molar-refractivity contribution >= 4 is 11.8 Å². The smallest absolute Gasteiger partial charge is 0.247 e. The molecular weight excluding hydrogens is 316 g/mol. The van der Waals surface area contributed by atoms with Crippen molar-refractivity contribution in [1.29, 1.82) is 0 Å².